The number of sulfone groups is 1. The van der Waals surface area contributed by atoms with Gasteiger partial charge in [-0.25, -0.2) is 8.42 Å². The number of hydrogen-bond acceptors (Lipinski definition) is 3. The minimum atomic E-state index is -2.96. The van der Waals surface area contributed by atoms with Crippen molar-refractivity contribution in [2.24, 2.45) is 5.92 Å². The van der Waals surface area contributed by atoms with Gasteiger partial charge in [-0.2, -0.15) is 0 Å². The Morgan fingerprint density at radius 1 is 1.50 bits per heavy atom. The van der Waals surface area contributed by atoms with Gasteiger partial charge in [-0.15, -0.1) is 0 Å². The molecule has 0 radical (unpaired) electrons. The molecular formula is C6H12O3S. The lowest BCUT2D eigenvalue weighted by Crippen LogP contribution is -2.16. The fraction of sp³-hybridized carbons (Fsp3) is 0.833. The van der Waals surface area contributed by atoms with E-state index in [2.05, 4.69) is 0 Å². The van der Waals surface area contributed by atoms with E-state index >= 15 is 0 Å². The van der Waals surface area contributed by atoms with Crippen molar-refractivity contribution in [2.45, 2.75) is 13.8 Å². The summed E-state index contributed by atoms with van der Waals surface area (Å²) in [5, 5.41) is 0. The molecule has 0 fully saturated rings. The molecule has 0 saturated carbocycles. The lowest BCUT2D eigenvalue weighted by Gasteiger charge is -2.01. The number of rotatable bonds is 4. The van der Waals surface area contributed by atoms with Crippen LogP contribution in [0.2, 0.25) is 0 Å². The molecule has 0 heterocycles. The van der Waals surface area contributed by atoms with E-state index in [-0.39, 0.29) is 17.4 Å². The highest BCUT2D eigenvalue weighted by atomic mass is 32.2. The highest BCUT2D eigenvalue weighted by Crippen LogP contribution is 1.97. The third-order valence-electron chi connectivity index (χ3n) is 1.19. The average molecular weight is 164 g/mol. The zero-order valence-corrected chi connectivity index (χ0v) is 7.02. The predicted octanol–water partition coefficient (Wildman–Crippen LogP) is 0.256. The minimum Gasteiger partial charge on any atom is -0.303 e. The fourth-order valence-electron chi connectivity index (χ4n) is 0.558. The lowest BCUT2D eigenvalue weighted by atomic mass is 10.3. The second-order valence-electron chi connectivity index (χ2n) is 2.31. The molecule has 0 N–H and O–H groups in total. The van der Waals surface area contributed by atoms with E-state index in [9.17, 15) is 13.2 Å². The van der Waals surface area contributed by atoms with Crippen LogP contribution in [0, 0.1) is 5.92 Å². The Balaban J connectivity index is 4.02. The molecule has 0 aliphatic rings. The first-order valence-electron chi connectivity index (χ1n) is 3.17. The van der Waals surface area contributed by atoms with Crippen molar-refractivity contribution in [2.75, 3.05) is 11.5 Å². The topological polar surface area (TPSA) is 51.2 Å². The summed E-state index contributed by atoms with van der Waals surface area (Å²) in [5.74, 6) is -0.275. The van der Waals surface area contributed by atoms with Crippen LogP contribution in [0.25, 0.3) is 0 Å². The summed E-state index contributed by atoms with van der Waals surface area (Å²) in [5.41, 5.74) is 0. The molecule has 10 heavy (non-hydrogen) atoms. The highest BCUT2D eigenvalue weighted by Gasteiger charge is 2.11. The van der Waals surface area contributed by atoms with Crippen molar-refractivity contribution in [3.8, 4) is 0 Å². The standard InChI is InChI=1S/C6H12O3S/c1-3-10(8,9)5-6(2)4-7/h4,6H,3,5H2,1-2H3/t6-/m1/s1. The van der Waals surface area contributed by atoms with Gasteiger partial charge in [0.2, 0.25) is 0 Å². The van der Waals surface area contributed by atoms with Gasteiger partial charge in [0.1, 0.15) is 6.29 Å². The first-order chi connectivity index (χ1) is 4.52. The molecule has 1 atom stereocenters. The molecule has 0 bridgehead atoms. The Labute approximate surface area is 61.4 Å². The molecule has 0 aromatic rings. The quantitative estimate of drug-likeness (QED) is 0.560. The van der Waals surface area contributed by atoms with Crippen molar-refractivity contribution in [3.05, 3.63) is 0 Å². The molecule has 0 aliphatic carbocycles. The molecule has 4 heteroatoms. The Kier molecular flexibility index (Phi) is 3.57. The van der Waals surface area contributed by atoms with Crippen LogP contribution in [0.5, 0.6) is 0 Å². The second-order valence-corrected chi connectivity index (χ2v) is 4.71. The number of aldehydes is 1. The summed E-state index contributed by atoms with van der Waals surface area (Å²) in [7, 11) is -2.96. The van der Waals surface area contributed by atoms with E-state index in [1.165, 1.54) is 0 Å². The van der Waals surface area contributed by atoms with Gasteiger partial charge in [-0.1, -0.05) is 13.8 Å². The van der Waals surface area contributed by atoms with E-state index in [0.29, 0.717) is 6.29 Å². The summed E-state index contributed by atoms with van der Waals surface area (Å²) in [6.07, 6.45) is 0.660. The largest absolute Gasteiger partial charge is 0.303 e. The van der Waals surface area contributed by atoms with Crippen LogP contribution in [-0.4, -0.2) is 26.2 Å². The summed E-state index contributed by atoms with van der Waals surface area (Å²) in [6, 6.07) is 0. The highest BCUT2D eigenvalue weighted by molar-refractivity contribution is 7.91. The summed E-state index contributed by atoms with van der Waals surface area (Å²) in [6.45, 7) is 3.17. The second kappa shape index (κ2) is 3.71. The molecule has 60 valence electrons. The van der Waals surface area contributed by atoms with Gasteiger partial charge >= 0.3 is 0 Å². The zero-order valence-electron chi connectivity index (χ0n) is 6.20. The Morgan fingerprint density at radius 2 is 2.00 bits per heavy atom. The SMILES string of the molecule is CCS(=O)(=O)C[C@H](C)C=O. The van der Waals surface area contributed by atoms with Gasteiger partial charge in [-0.3, -0.25) is 0 Å². The first-order valence-corrected chi connectivity index (χ1v) is 4.99. The van der Waals surface area contributed by atoms with Crippen molar-refractivity contribution >= 4 is 16.1 Å². The van der Waals surface area contributed by atoms with Crippen molar-refractivity contribution in [3.63, 3.8) is 0 Å². The van der Waals surface area contributed by atoms with Gasteiger partial charge in [-0.05, 0) is 0 Å². The smallest absolute Gasteiger partial charge is 0.150 e. The number of carbonyl (C=O) groups is 1. The Hall–Kier alpha value is -0.380. The average Bonchev–Trinajstić information content (AvgIpc) is 1.87. The minimum absolute atomic E-state index is 0.0208. The van der Waals surface area contributed by atoms with Gasteiger partial charge < -0.3 is 4.79 Å². The van der Waals surface area contributed by atoms with E-state index in [1.54, 1.807) is 13.8 Å². The Morgan fingerprint density at radius 3 is 2.30 bits per heavy atom. The summed E-state index contributed by atoms with van der Waals surface area (Å²) < 4.78 is 21.6. The molecule has 0 aromatic carbocycles. The van der Waals surface area contributed by atoms with Gasteiger partial charge in [0, 0.05) is 11.7 Å². The first kappa shape index (κ1) is 9.62. The molecule has 0 rings (SSSR count). The van der Waals surface area contributed by atoms with Gasteiger partial charge in [0.25, 0.3) is 0 Å². The molecule has 0 saturated heterocycles. The van der Waals surface area contributed by atoms with Crippen LogP contribution < -0.4 is 0 Å². The van der Waals surface area contributed by atoms with Crippen LogP contribution in [0.3, 0.4) is 0 Å². The Bertz CT molecular complexity index is 193. The van der Waals surface area contributed by atoms with E-state index in [0.717, 1.165) is 0 Å². The normalized spacial score (nSPS) is 14.6. The monoisotopic (exact) mass is 164 g/mol. The molecule has 3 nitrogen and oxygen atoms in total. The van der Waals surface area contributed by atoms with Crippen LogP contribution >= 0.6 is 0 Å². The maximum absolute atomic E-state index is 10.8. The molecule has 0 spiro atoms. The molecule has 0 aliphatic heterocycles. The van der Waals surface area contributed by atoms with Crippen molar-refractivity contribution in [1.29, 1.82) is 0 Å². The predicted molar refractivity (Wildman–Crippen MR) is 39.6 cm³/mol. The summed E-state index contributed by atoms with van der Waals surface area (Å²) >= 11 is 0. The molecule has 0 aromatic heterocycles. The van der Waals surface area contributed by atoms with E-state index in [4.69, 9.17) is 0 Å². The van der Waals surface area contributed by atoms with E-state index in [1.807, 2.05) is 0 Å². The van der Waals surface area contributed by atoms with Crippen LogP contribution in [-0.2, 0) is 14.6 Å². The lowest BCUT2D eigenvalue weighted by molar-refractivity contribution is -0.110. The van der Waals surface area contributed by atoms with E-state index < -0.39 is 9.84 Å². The number of carbonyl (C=O) groups excluding carboxylic acids is 1. The van der Waals surface area contributed by atoms with Gasteiger partial charge in [0.05, 0.1) is 5.75 Å². The maximum atomic E-state index is 10.8. The molecule has 0 unspecified atom stereocenters. The third-order valence-corrected chi connectivity index (χ3v) is 3.10. The summed E-state index contributed by atoms with van der Waals surface area (Å²) in [4.78, 5) is 10.0. The van der Waals surface area contributed by atoms with Crippen molar-refractivity contribution in [1.82, 2.24) is 0 Å². The fourth-order valence-corrected chi connectivity index (χ4v) is 1.67. The van der Waals surface area contributed by atoms with Crippen molar-refractivity contribution < 1.29 is 13.2 Å². The van der Waals surface area contributed by atoms with Crippen LogP contribution in [0.4, 0.5) is 0 Å². The maximum Gasteiger partial charge on any atom is 0.150 e. The number of hydrogen-bond donors (Lipinski definition) is 0. The third kappa shape index (κ3) is 3.61. The molecular weight excluding hydrogens is 152 g/mol. The van der Waals surface area contributed by atoms with Gasteiger partial charge in [0.15, 0.2) is 9.84 Å². The van der Waals surface area contributed by atoms with Crippen LogP contribution in [0.1, 0.15) is 13.8 Å². The van der Waals surface area contributed by atoms with Crippen LogP contribution in [0.15, 0.2) is 0 Å². The molecule has 0 amide bonds. The zero-order chi connectivity index (χ0) is 8.20.